The van der Waals surface area contributed by atoms with Crippen LogP contribution in [0.3, 0.4) is 0 Å². The summed E-state index contributed by atoms with van der Waals surface area (Å²) in [7, 11) is 0. The minimum atomic E-state index is -0.144. The number of nitrogens with zero attached hydrogens (tertiary/aromatic N) is 2. The van der Waals surface area contributed by atoms with E-state index < -0.39 is 0 Å². The first-order valence-corrected chi connectivity index (χ1v) is 15.6. The van der Waals surface area contributed by atoms with Crippen molar-refractivity contribution in [3.8, 4) is 0 Å². The molecule has 0 aromatic heterocycles. The summed E-state index contributed by atoms with van der Waals surface area (Å²) in [4.78, 5) is 17.7. The van der Waals surface area contributed by atoms with Crippen LogP contribution in [0.5, 0.6) is 0 Å². The van der Waals surface area contributed by atoms with E-state index in [1.54, 1.807) is 6.92 Å². The van der Waals surface area contributed by atoms with Gasteiger partial charge >= 0.3 is 5.97 Å². The monoisotopic (exact) mass is 500 g/mol. The maximum absolute atomic E-state index is 12.3. The first-order chi connectivity index (χ1) is 17.3. The molecule has 2 aliphatic heterocycles. The van der Waals surface area contributed by atoms with Gasteiger partial charge in [-0.2, -0.15) is 0 Å². The summed E-state index contributed by atoms with van der Waals surface area (Å²) in [6.07, 6.45) is 16.3. The summed E-state index contributed by atoms with van der Waals surface area (Å²) in [5.74, 6) is 2.74. The van der Waals surface area contributed by atoms with Gasteiger partial charge in [-0.15, -0.1) is 0 Å². The Kier molecular flexibility index (Phi) is 6.99. The van der Waals surface area contributed by atoms with Crippen LogP contribution in [0.25, 0.3) is 0 Å². The number of carbonyl (C=O) groups is 1. The Morgan fingerprint density at radius 1 is 0.806 bits per heavy atom. The van der Waals surface area contributed by atoms with E-state index in [1.807, 2.05) is 0 Å². The Morgan fingerprint density at radius 3 is 2.08 bits per heavy atom. The van der Waals surface area contributed by atoms with Crippen molar-refractivity contribution in [1.82, 2.24) is 9.80 Å². The molecule has 6 aliphatic rings. The predicted octanol–water partition coefficient (Wildman–Crippen LogP) is 5.25. The Morgan fingerprint density at radius 2 is 1.44 bits per heavy atom. The highest BCUT2D eigenvalue weighted by Crippen LogP contribution is 2.67. The van der Waals surface area contributed by atoms with E-state index in [1.165, 1.54) is 103 Å². The van der Waals surface area contributed by atoms with Gasteiger partial charge in [0.05, 0.1) is 6.10 Å². The van der Waals surface area contributed by atoms with Crippen LogP contribution in [0.4, 0.5) is 0 Å². The SMILES string of the molecule is CC(=O)OC1C(N2CCCCC2)C[C@H]2[C@@H]3CCC4CC(O)C(N5CCCCC5)C[C@]4(C)[C@@H]3CC[C@]12C. The fourth-order valence-electron chi connectivity index (χ4n) is 10.8. The summed E-state index contributed by atoms with van der Waals surface area (Å²) >= 11 is 0. The van der Waals surface area contributed by atoms with Crippen LogP contribution in [-0.2, 0) is 9.53 Å². The topological polar surface area (TPSA) is 53.0 Å². The van der Waals surface area contributed by atoms with Crippen LogP contribution in [0.2, 0.25) is 0 Å². The number of hydrogen-bond acceptors (Lipinski definition) is 5. The Hall–Kier alpha value is -0.650. The second-order valence-electron chi connectivity index (χ2n) is 14.3. The summed E-state index contributed by atoms with van der Waals surface area (Å²) < 4.78 is 6.25. The highest BCUT2D eigenvalue weighted by Gasteiger charge is 2.64. The number of carbonyl (C=O) groups excluding carboxylic acids is 1. The lowest BCUT2D eigenvalue weighted by Gasteiger charge is -2.62. The average molecular weight is 501 g/mol. The molecular weight excluding hydrogens is 448 g/mol. The molecule has 5 unspecified atom stereocenters. The highest BCUT2D eigenvalue weighted by molar-refractivity contribution is 5.66. The van der Waals surface area contributed by atoms with E-state index in [-0.39, 0.29) is 23.6 Å². The van der Waals surface area contributed by atoms with Gasteiger partial charge in [-0.05, 0) is 126 Å². The molecule has 4 aliphatic carbocycles. The Labute approximate surface area is 219 Å². The third kappa shape index (κ3) is 4.18. The molecule has 10 atom stereocenters. The minimum Gasteiger partial charge on any atom is -0.460 e. The van der Waals surface area contributed by atoms with Gasteiger partial charge in [-0.3, -0.25) is 14.6 Å². The van der Waals surface area contributed by atoms with Crippen molar-refractivity contribution >= 4 is 5.97 Å². The molecule has 5 heteroatoms. The number of aliphatic hydroxyl groups is 1. The zero-order chi connectivity index (χ0) is 25.1. The van der Waals surface area contributed by atoms with Crippen LogP contribution < -0.4 is 0 Å². The van der Waals surface area contributed by atoms with Crippen LogP contribution in [0.1, 0.15) is 104 Å². The molecule has 6 rings (SSSR count). The van der Waals surface area contributed by atoms with Crippen LogP contribution in [0.15, 0.2) is 0 Å². The van der Waals surface area contributed by atoms with E-state index in [0.29, 0.717) is 29.3 Å². The van der Waals surface area contributed by atoms with Gasteiger partial charge in [-0.25, -0.2) is 0 Å². The molecule has 4 saturated carbocycles. The zero-order valence-corrected chi connectivity index (χ0v) is 23.3. The molecule has 36 heavy (non-hydrogen) atoms. The molecule has 6 fully saturated rings. The summed E-state index contributed by atoms with van der Waals surface area (Å²) in [6, 6.07) is 0.764. The van der Waals surface area contributed by atoms with Gasteiger partial charge in [-0.1, -0.05) is 26.7 Å². The molecule has 0 bridgehead atoms. The predicted molar refractivity (Wildman–Crippen MR) is 142 cm³/mol. The molecule has 0 spiro atoms. The Bertz CT molecular complexity index is 808. The van der Waals surface area contributed by atoms with Crippen molar-refractivity contribution in [2.24, 2.45) is 34.5 Å². The summed E-state index contributed by atoms with van der Waals surface area (Å²) in [5.41, 5.74) is 0.449. The largest absolute Gasteiger partial charge is 0.460 e. The maximum atomic E-state index is 12.3. The molecule has 0 amide bonds. The molecule has 2 saturated heterocycles. The number of ether oxygens (including phenoxy) is 1. The minimum absolute atomic E-state index is 0.0545. The number of fused-ring (bicyclic) bond motifs is 5. The van der Waals surface area contributed by atoms with E-state index in [4.69, 9.17) is 4.74 Å². The van der Waals surface area contributed by atoms with E-state index in [9.17, 15) is 9.90 Å². The van der Waals surface area contributed by atoms with Crippen LogP contribution in [0, 0.1) is 34.5 Å². The van der Waals surface area contributed by atoms with E-state index in [0.717, 1.165) is 18.3 Å². The number of esters is 1. The molecule has 1 N–H and O–H groups in total. The quantitative estimate of drug-likeness (QED) is 0.537. The first-order valence-electron chi connectivity index (χ1n) is 15.6. The third-order valence-corrected chi connectivity index (χ3v) is 12.6. The van der Waals surface area contributed by atoms with Crippen LogP contribution >= 0.6 is 0 Å². The second-order valence-corrected chi connectivity index (χ2v) is 14.3. The molecule has 0 aromatic rings. The zero-order valence-electron chi connectivity index (χ0n) is 23.3. The smallest absolute Gasteiger partial charge is 0.302 e. The van der Waals surface area contributed by atoms with Gasteiger partial charge in [0.1, 0.15) is 6.10 Å². The van der Waals surface area contributed by atoms with Crippen molar-refractivity contribution in [2.75, 3.05) is 26.2 Å². The fourth-order valence-corrected chi connectivity index (χ4v) is 10.8. The van der Waals surface area contributed by atoms with Crippen molar-refractivity contribution in [2.45, 2.75) is 129 Å². The number of rotatable bonds is 3. The molecule has 0 radical (unpaired) electrons. The molecule has 204 valence electrons. The average Bonchev–Trinajstić information content (AvgIpc) is 3.17. The summed E-state index contributed by atoms with van der Waals surface area (Å²) in [6.45, 7) is 11.4. The van der Waals surface area contributed by atoms with Crippen molar-refractivity contribution in [3.05, 3.63) is 0 Å². The van der Waals surface area contributed by atoms with Gasteiger partial charge in [0.25, 0.3) is 0 Å². The molecular formula is C31H52N2O3. The van der Waals surface area contributed by atoms with Crippen LogP contribution in [-0.4, -0.2) is 71.3 Å². The van der Waals surface area contributed by atoms with Gasteiger partial charge in [0.2, 0.25) is 0 Å². The molecule has 2 heterocycles. The van der Waals surface area contributed by atoms with Gasteiger partial charge < -0.3 is 9.84 Å². The third-order valence-electron chi connectivity index (χ3n) is 12.6. The first kappa shape index (κ1) is 25.6. The fraction of sp³-hybridized carbons (Fsp3) is 0.968. The summed E-state index contributed by atoms with van der Waals surface area (Å²) in [5, 5.41) is 11.3. The molecule has 5 nitrogen and oxygen atoms in total. The second kappa shape index (κ2) is 9.83. The lowest BCUT2D eigenvalue weighted by atomic mass is 9.44. The van der Waals surface area contributed by atoms with Crippen molar-refractivity contribution in [1.29, 1.82) is 0 Å². The number of aliphatic hydroxyl groups excluding tert-OH is 1. The standard InChI is InChI=1S/C31H52N2O3/c1-21(34)36-29-26(32-14-6-4-7-15-32)19-25-23-11-10-22-18-28(35)27(33-16-8-5-9-17-33)20-31(22,3)24(23)12-13-30(25,29)2/h22-29,35H,4-20H2,1-3H3/t22?,23-,24-,25+,26?,27?,28?,29?,30+,31+/m1/s1. The van der Waals surface area contributed by atoms with Gasteiger partial charge in [0.15, 0.2) is 0 Å². The van der Waals surface area contributed by atoms with E-state index >= 15 is 0 Å². The normalized spacial score (nSPS) is 50.1. The van der Waals surface area contributed by atoms with Crippen molar-refractivity contribution in [3.63, 3.8) is 0 Å². The van der Waals surface area contributed by atoms with Crippen molar-refractivity contribution < 1.29 is 14.6 Å². The lowest BCUT2D eigenvalue weighted by Crippen LogP contribution is -2.60. The number of likely N-dealkylation sites (tertiary alicyclic amines) is 2. The lowest BCUT2D eigenvalue weighted by molar-refractivity contribution is -0.171. The maximum Gasteiger partial charge on any atom is 0.302 e. The van der Waals surface area contributed by atoms with E-state index in [2.05, 4.69) is 23.6 Å². The van der Waals surface area contributed by atoms with Gasteiger partial charge in [0, 0.05) is 24.4 Å². The Balaban J connectivity index is 1.26. The molecule has 0 aromatic carbocycles. The number of hydrogen-bond donors (Lipinski definition) is 1. The number of piperidine rings is 2. The highest BCUT2D eigenvalue weighted by atomic mass is 16.5.